The Labute approximate surface area is 393 Å². The fourth-order valence-corrected chi connectivity index (χ4v) is 12.0. The Balaban J connectivity index is 1.13. The highest BCUT2D eigenvalue weighted by molar-refractivity contribution is 5.83. The number of carbonyl (C=O) groups excluding carboxylic acids is 3. The number of hydrogen-bond acceptors (Lipinski definition) is 10. The number of amides is 3. The zero-order valence-corrected chi connectivity index (χ0v) is 40.7. The second-order valence-corrected chi connectivity index (χ2v) is 20.9. The molecule has 4 aliphatic carbocycles. The monoisotopic (exact) mass is 909 g/mol. The van der Waals surface area contributed by atoms with Crippen molar-refractivity contribution in [3.8, 4) is 5.75 Å². The fourth-order valence-electron chi connectivity index (χ4n) is 12.0. The molecule has 3 unspecified atom stereocenters. The predicted octanol–water partition coefficient (Wildman–Crippen LogP) is 6.39. The summed E-state index contributed by atoms with van der Waals surface area (Å²) in [6.07, 6.45) is 2.87. The van der Waals surface area contributed by atoms with Gasteiger partial charge >= 0.3 is 6.09 Å². The van der Waals surface area contributed by atoms with Gasteiger partial charge in [-0.25, -0.2) is 4.79 Å². The predicted molar refractivity (Wildman–Crippen MR) is 256 cm³/mol. The van der Waals surface area contributed by atoms with Crippen LogP contribution < -0.4 is 20.7 Å². The number of para-hydroxylation sites is 1. The molecule has 3 aromatic rings. The molecule has 0 radical (unpaired) electrons. The lowest BCUT2D eigenvalue weighted by Crippen LogP contribution is -2.62. The number of hydroxylamine groups is 2. The van der Waals surface area contributed by atoms with Crippen LogP contribution >= 0.6 is 0 Å². The summed E-state index contributed by atoms with van der Waals surface area (Å²) in [4.78, 5) is 53.3. The Hall–Kier alpha value is -4.53. The Morgan fingerprint density at radius 3 is 2.21 bits per heavy atom. The molecule has 1 saturated heterocycles. The molecule has 1 heterocycles. The van der Waals surface area contributed by atoms with Gasteiger partial charge in [-0.15, -0.1) is 0 Å². The molecule has 3 amide bonds. The van der Waals surface area contributed by atoms with Gasteiger partial charge in [-0.1, -0.05) is 99.6 Å². The summed E-state index contributed by atoms with van der Waals surface area (Å²) < 4.78 is 12.3. The molecule has 8 rings (SSSR count). The first-order chi connectivity index (χ1) is 31.6. The van der Waals surface area contributed by atoms with Crippen molar-refractivity contribution >= 4 is 17.9 Å². The first-order valence-corrected chi connectivity index (χ1v) is 24.2. The molecule has 66 heavy (non-hydrogen) atoms. The highest BCUT2D eigenvalue weighted by Crippen LogP contribution is 2.61. The average molecular weight is 909 g/mol. The van der Waals surface area contributed by atoms with Crippen LogP contribution in [0.15, 0.2) is 78.9 Å². The first kappa shape index (κ1) is 49.4. The fraction of sp³-hybridized carbons (Fsp3) is 0.604. The van der Waals surface area contributed by atoms with E-state index in [4.69, 9.17) is 14.3 Å². The Bertz CT molecular complexity index is 2090. The van der Waals surface area contributed by atoms with Gasteiger partial charge in [0.2, 0.25) is 11.8 Å². The smallest absolute Gasteiger partial charge is 0.407 e. The molecular formula is C53H76N6O7. The van der Waals surface area contributed by atoms with Gasteiger partial charge in [0.15, 0.2) is 0 Å². The Morgan fingerprint density at radius 1 is 0.894 bits per heavy atom. The third kappa shape index (κ3) is 11.2. The molecule has 12 atom stereocenters. The van der Waals surface area contributed by atoms with E-state index in [1.165, 1.54) is 12.0 Å². The number of methoxy groups -OCH3 is 1. The lowest BCUT2D eigenvalue weighted by Gasteiger charge is -2.62. The zero-order valence-electron chi connectivity index (χ0n) is 40.7. The molecular weight excluding hydrogens is 833 g/mol. The molecule has 360 valence electrons. The highest BCUT2D eigenvalue weighted by Gasteiger charge is 2.58. The number of rotatable bonds is 18. The number of aliphatic hydroxyl groups is 1. The van der Waals surface area contributed by atoms with Crippen molar-refractivity contribution in [2.24, 2.45) is 35.0 Å². The lowest BCUT2D eigenvalue weighted by atomic mass is 9.45. The van der Waals surface area contributed by atoms with E-state index >= 15 is 0 Å². The topological polar surface area (TPSA) is 145 Å². The number of benzene rings is 3. The van der Waals surface area contributed by atoms with Crippen molar-refractivity contribution in [1.29, 1.82) is 0 Å². The minimum atomic E-state index is -0.891. The Morgan fingerprint density at radius 2 is 1.59 bits per heavy atom. The van der Waals surface area contributed by atoms with Crippen LogP contribution in [-0.4, -0.2) is 123 Å². The summed E-state index contributed by atoms with van der Waals surface area (Å²) in [7, 11) is 9.91. The van der Waals surface area contributed by atoms with E-state index < -0.39 is 30.3 Å². The summed E-state index contributed by atoms with van der Waals surface area (Å²) in [5.74, 6) is 1.02. The first-order valence-electron chi connectivity index (χ1n) is 24.2. The van der Waals surface area contributed by atoms with Crippen molar-refractivity contribution in [1.82, 2.24) is 30.8 Å². The molecule has 5 aliphatic rings. The van der Waals surface area contributed by atoms with Crippen molar-refractivity contribution in [2.75, 3.05) is 48.5 Å². The van der Waals surface area contributed by atoms with E-state index in [2.05, 4.69) is 78.8 Å². The van der Waals surface area contributed by atoms with Gasteiger partial charge < -0.3 is 40.3 Å². The van der Waals surface area contributed by atoms with Crippen LogP contribution in [0.4, 0.5) is 4.79 Å². The zero-order chi connectivity index (χ0) is 47.3. The van der Waals surface area contributed by atoms with Gasteiger partial charge in [-0.2, -0.15) is 5.06 Å². The molecule has 4 saturated carbocycles. The summed E-state index contributed by atoms with van der Waals surface area (Å²) in [6, 6.07) is 25.2. The number of fused-ring (bicyclic) bond motifs is 2. The summed E-state index contributed by atoms with van der Waals surface area (Å²) in [5, 5.41) is 22.2. The number of carbonyl (C=O) groups is 3. The highest BCUT2D eigenvalue weighted by atomic mass is 16.7. The molecule has 4 N–H and O–H groups in total. The van der Waals surface area contributed by atoms with Crippen molar-refractivity contribution in [3.05, 3.63) is 101 Å². The number of nitrogens with zero attached hydrogens (tertiary/aromatic N) is 3. The van der Waals surface area contributed by atoms with Gasteiger partial charge in [0, 0.05) is 42.7 Å². The van der Waals surface area contributed by atoms with E-state index in [1.54, 1.807) is 19.1 Å². The average Bonchev–Trinajstić information content (AvgIpc) is 3.67. The van der Waals surface area contributed by atoms with Crippen LogP contribution in [0.3, 0.4) is 0 Å². The molecule has 0 spiro atoms. The van der Waals surface area contributed by atoms with Crippen LogP contribution in [0, 0.1) is 35.0 Å². The standard InChI is InChI=1S/C53H76N6O7/c1-33-44-27-40(53(44,3)4)28-45(33)56-51(62)48-47(34(2)65-52(63)54-29-36-19-14-11-15-20-36)46(32-60)66-59(48)30-37-21-16-22-43(49(37)64-9)38-24-39(26-42(25-38)58(7)8)50(61)55-41(31-57(5)6)23-35-17-12-10-13-18-35/h10-22,33-34,38-42,44-48,60H,23-32H2,1-9H3,(H,54,63)(H,55,61)(H,56,62)/t33-,34-,38?,39?,40+,41-,42?,44-,45-,46-,47+,48-/m0/s1. The van der Waals surface area contributed by atoms with Gasteiger partial charge in [0.05, 0.1) is 26.2 Å². The minimum Gasteiger partial charge on any atom is -0.496 e. The molecule has 0 aromatic heterocycles. The van der Waals surface area contributed by atoms with E-state index in [0.717, 1.165) is 48.9 Å². The van der Waals surface area contributed by atoms with Crippen molar-refractivity contribution in [3.63, 3.8) is 0 Å². The maximum atomic E-state index is 14.9. The maximum absolute atomic E-state index is 14.9. The number of hydrogen-bond donors (Lipinski definition) is 4. The molecule has 13 heteroatoms. The van der Waals surface area contributed by atoms with Crippen LogP contribution in [0.2, 0.25) is 0 Å². The van der Waals surface area contributed by atoms with E-state index in [1.807, 2.05) is 74.8 Å². The third-order valence-corrected chi connectivity index (χ3v) is 15.8. The van der Waals surface area contributed by atoms with Crippen LogP contribution in [0.5, 0.6) is 5.75 Å². The molecule has 2 bridgehead atoms. The molecule has 5 fully saturated rings. The third-order valence-electron chi connectivity index (χ3n) is 15.8. The summed E-state index contributed by atoms with van der Waals surface area (Å²) in [6.45, 7) is 9.51. The van der Waals surface area contributed by atoms with E-state index in [0.29, 0.717) is 29.9 Å². The number of alkyl carbamates (subject to hydrolysis) is 1. The van der Waals surface area contributed by atoms with Gasteiger partial charge in [-0.3, -0.25) is 14.4 Å². The Kier molecular flexibility index (Phi) is 16.2. The summed E-state index contributed by atoms with van der Waals surface area (Å²) >= 11 is 0. The van der Waals surface area contributed by atoms with Gasteiger partial charge in [-0.05, 0) is 119 Å². The van der Waals surface area contributed by atoms with Crippen LogP contribution in [0.1, 0.15) is 88.0 Å². The normalized spacial score (nSPS) is 29.1. The maximum Gasteiger partial charge on any atom is 0.407 e. The molecule has 13 nitrogen and oxygen atoms in total. The quantitative estimate of drug-likeness (QED) is 0.113. The summed E-state index contributed by atoms with van der Waals surface area (Å²) in [5.41, 5.74) is 4.19. The van der Waals surface area contributed by atoms with Crippen molar-refractivity contribution < 1.29 is 33.8 Å². The lowest BCUT2D eigenvalue weighted by molar-refractivity contribution is -0.183. The minimum absolute atomic E-state index is 0.00852. The second kappa shape index (κ2) is 21.6. The van der Waals surface area contributed by atoms with Gasteiger partial charge in [0.1, 0.15) is 24.0 Å². The number of aliphatic hydroxyl groups excluding tert-OH is 1. The second-order valence-electron chi connectivity index (χ2n) is 20.9. The van der Waals surface area contributed by atoms with Crippen LogP contribution in [0.25, 0.3) is 0 Å². The van der Waals surface area contributed by atoms with Crippen molar-refractivity contribution in [2.45, 2.75) is 122 Å². The van der Waals surface area contributed by atoms with E-state index in [9.17, 15) is 19.5 Å². The SMILES string of the molecule is COc1c(CN2O[C@@H](CO)[C@@H]([C@H](C)OC(=O)NCc3ccccc3)[C@H]2C(=O)N[C@H]2C[C@H]3C[C@@H]([C@@H]2C)C3(C)C)cccc1C1CC(C(=O)N[C@@H](Cc2ccccc2)CN(C)C)CC(N(C)C)C1. The number of nitrogens with one attached hydrogen (secondary N) is 3. The largest absolute Gasteiger partial charge is 0.496 e. The molecule has 3 aromatic carbocycles. The van der Waals surface area contributed by atoms with Crippen LogP contribution in [-0.2, 0) is 38.7 Å². The van der Waals surface area contributed by atoms with Gasteiger partial charge in [0.25, 0.3) is 0 Å². The van der Waals surface area contributed by atoms with E-state index in [-0.39, 0.29) is 66.9 Å². The molecule has 1 aliphatic heterocycles. The number of likely N-dealkylation sites (N-methyl/N-ethyl adjacent to an activating group) is 1. The number of ether oxygens (including phenoxy) is 2.